The van der Waals surface area contributed by atoms with Crippen LogP contribution in [0.15, 0.2) is 12.7 Å². The summed E-state index contributed by atoms with van der Waals surface area (Å²) in [5, 5.41) is 8.00. The van der Waals surface area contributed by atoms with Gasteiger partial charge in [-0.1, -0.05) is 34.1 Å². The largest absolute Gasteiger partial charge is 0.312 e. The van der Waals surface area contributed by atoms with Crippen LogP contribution in [0.5, 0.6) is 0 Å². The maximum atomic E-state index is 4.38. The maximum absolute atomic E-state index is 4.38. The number of aromatic nitrogens is 3. The monoisotopic (exact) mass is 264 g/mol. The molecule has 4 nitrogen and oxygen atoms in total. The second-order valence-electron chi connectivity index (χ2n) is 6.46. The Morgan fingerprint density at radius 1 is 1.32 bits per heavy atom. The quantitative estimate of drug-likeness (QED) is 0.889. The fraction of sp³-hybridized carbons (Fsp3) is 0.867. The molecule has 0 spiro atoms. The average molecular weight is 264 g/mol. The van der Waals surface area contributed by atoms with Crippen molar-refractivity contribution in [2.24, 2.45) is 11.3 Å². The van der Waals surface area contributed by atoms with Gasteiger partial charge in [0, 0.05) is 6.04 Å². The van der Waals surface area contributed by atoms with E-state index in [9.17, 15) is 0 Å². The van der Waals surface area contributed by atoms with Gasteiger partial charge in [0.1, 0.15) is 12.7 Å². The van der Waals surface area contributed by atoms with Crippen LogP contribution in [0.2, 0.25) is 0 Å². The summed E-state index contributed by atoms with van der Waals surface area (Å²) in [5.41, 5.74) is 0.427. The lowest BCUT2D eigenvalue weighted by atomic mass is 9.67. The van der Waals surface area contributed by atoms with Gasteiger partial charge in [-0.3, -0.25) is 0 Å². The Labute approximate surface area is 117 Å². The third kappa shape index (κ3) is 3.16. The molecule has 1 aliphatic rings. The molecule has 4 heteroatoms. The smallest absolute Gasteiger partial charge is 0.137 e. The number of hydrogen-bond donors (Lipinski definition) is 1. The molecule has 1 fully saturated rings. The van der Waals surface area contributed by atoms with Crippen LogP contribution in [0.1, 0.15) is 59.4 Å². The van der Waals surface area contributed by atoms with Gasteiger partial charge < -0.3 is 5.32 Å². The third-order valence-electron chi connectivity index (χ3n) is 5.08. The zero-order valence-corrected chi connectivity index (χ0v) is 12.8. The lowest BCUT2D eigenvalue weighted by Crippen LogP contribution is -2.44. The first kappa shape index (κ1) is 14.5. The third-order valence-corrected chi connectivity index (χ3v) is 5.08. The highest BCUT2D eigenvalue weighted by molar-refractivity contribution is 4.92. The summed E-state index contributed by atoms with van der Waals surface area (Å²) in [6, 6.07) is 0.989. The number of likely N-dealkylation sites (N-methyl/N-ethyl adjacent to an activating group) is 1. The molecular formula is C15H28N4. The van der Waals surface area contributed by atoms with E-state index in [1.54, 1.807) is 6.33 Å². The van der Waals surface area contributed by atoms with Crippen molar-refractivity contribution < 1.29 is 0 Å². The van der Waals surface area contributed by atoms with Gasteiger partial charge in [-0.15, -0.1) is 0 Å². The first-order valence-electron chi connectivity index (χ1n) is 7.66. The van der Waals surface area contributed by atoms with Crippen LogP contribution in [0, 0.1) is 11.3 Å². The fourth-order valence-corrected chi connectivity index (χ4v) is 3.33. The highest BCUT2D eigenvalue weighted by atomic mass is 15.3. The zero-order chi connectivity index (χ0) is 13.9. The van der Waals surface area contributed by atoms with Crippen molar-refractivity contribution in [3.63, 3.8) is 0 Å². The molecule has 0 radical (unpaired) electrons. The number of nitrogens with zero attached hydrogens (tertiary/aromatic N) is 3. The van der Waals surface area contributed by atoms with E-state index < -0.39 is 0 Å². The van der Waals surface area contributed by atoms with Crippen LogP contribution >= 0.6 is 0 Å². The molecule has 108 valence electrons. The van der Waals surface area contributed by atoms with Crippen molar-refractivity contribution in [2.75, 3.05) is 6.54 Å². The van der Waals surface area contributed by atoms with Crippen LogP contribution in [-0.4, -0.2) is 27.4 Å². The van der Waals surface area contributed by atoms with Gasteiger partial charge in [-0.25, -0.2) is 9.67 Å². The Bertz CT molecular complexity index is 372. The minimum Gasteiger partial charge on any atom is -0.312 e. The van der Waals surface area contributed by atoms with Gasteiger partial charge in [0.25, 0.3) is 0 Å². The molecule has 0 aliphatic heterocycles. The molecule has 1 aromatic heterocycles. The van der Waals surface area contributed by atoms with Gasteiger partial charge >= 0.3 is 0 Å². The molecule has 1 heterocycles. The Morgan fingerprint density at radius 2 is 2.11 bits per heavy atom. The van der Waals surface area contributed by atoms with Crippen molar-refractivity contribution in [1.29, 1.82) is 0 Å². The second-order valence-corrected chi connectivity index (χ2v) is 6.46. The molecule has 0 amide bonds. The van der Waals surface area contributed by atoms with Crippen molar-refractivity contribution in [2.45, 2.75) is 65.5 Å². The van der Waals surface area contributed by atoms with E-state index >= 15 is 0 Å². The summed E-state index contributed by atoms with van der Waals surface area (Å²) in [6.45, 7) is 10.3. The molecule has 0 aromatic carbocycles. The van der Waals surface area contributed by atoms with Crippen molar-refractivity contribution in [3.05, 3.63) is 12.7 Å². The van der Waals surface area contributed by atoms with Crippen molar-refractivity contribution in [1.82, 2.24) is 20.1 Å². The van der Waals surface area contributed by atoms with E-state index in [1.165, 1.54) is 25.7 Å². The molecule has 3 atom stereocenters. The lowest BCUT2D eigenvalue weighted by molar-refractivity contribution is 0.0965. The summed E-state index contributed by atoms with van der Waals surface area (Å²) < 4.78 is 2.06. The molecule has 1 aromatic rings. The van der Waals surface area contributed by atoms with Crippen molar-refractivity contribution >= 4 is 0 Å². The fourth-order valence-electron chi connectivity index (χ4n) is 3.33. The normalized spacial score (nSPS) is 28.5. The predicted molar refractivity (Wildman–Crippen MR) is 77.9 cm³/mol. The molecular weight excluding hydrogens is 236 g/mol. The standard InChI is InChI=1S/C15H28N4/c1-5-15(3,4)12-7-8-13(17-6-2)14(9-12)19-11-16-10-18-19/h10-14,17H,5-9H2,1-4H3. The topological polar surface area (TPSA) is 42.7 Å². The number of hydrogen-bond acceptors (Lipinski definition) is 3. The molecule has 19 heavy (non-hydrogen) atoms. The average Bonchev–Trinajstić information content (AvgIpc) is 2.93. The van der Waals surface area contributed by atoms with E-state index in [-0.39, 0.29) is 0 Å². The Morgan fingerprint density at radius 3 is 2.68 bits per heavy atom. The molecule has 0 bridgehead atoms. The lowest BCUT2D eigenvalue weighted by Gasteiger charge is -2.43. The van der Waals surface area contributed by atoms with E-state index in [0.29, 0.717) is 17.5 Å². The van der Waals surface area contributed by atoms with Crippen LogP contribution in [-0.2, 0) is 0 Å². The SMILES string of the molecule is CCNC1CCC(C(C)(C)CC)CC1n1cncn1. The van der Waals surface area contributed by atoms with E-state index in [4.69, 9.17) is 0 Å². The summed E-state index contributed by atoms with van der Waals surface area (Å²) in [4.78, 5) is 4.12. The van der Waals surface area contributed by atoms with E-state index in [1.807, 2.05) is 6.33 Å². The minimum absolute atomic E-state index is 0.427. The van der Waals surface area contributed by atoms with Gasteiger partial charge in [0.15, 0.2) is 0 Å². The van der Waals surface area contributed by atoms with Crippen LogP contribution < -0.4 is 5.32 Å². The van der Waals surface area contributed by atoms with E-state index in [2.05, 4.69) is 47.8 Å². The first-order valence-corrected chi connectivity index (χ1v) is 7.66. The maximum Gasteiger partial charge on any atom is 0.137 e. The van der Waals surface area contributed by atoms with Crippen LogP contribution in [0.4, 0.5) is 0 Å². The molecule has 1 N–H and O–H groups in total. The summed E-state index contributed by atoms with van der Waals surface area (Å²) in [5.74, 6) is 0.779. The van der Waals surface area contributed by atoms with Gasteiger partial charge in [-0.2, -0.15) is 5.10 Å². The highest BCUT2D eigenvalue weighted by Crippen LogP contribution is 2.43. The molecule has 0 saturated heterocycles. The first-order chi connectivity index (χ1) is 9.08. The highest BCUT2D eigenvalue weighted by Gasteiger charge is 2.37. The number of rotatable bonds is 5. The molecule has 1 saturated carbocycles. The second kappa shape index (κ2) is 6.04. The Balaban J connectivity index is 2.14. The van der Waals surface area contributed by atoms with Crippen LogP contribution in [0.25, 0.3) is 0 Å². The van der Waals surface area contributed by atoms with Crippen LogP contribution in [0.3, 0.4) is 0 Å². The summed E-state index contributed by atoms with van der Waals surface area (Å²) >= 11 is 0. The molecule has 2 rings (SSSR count). The van der Waals surface area contributed by atoms with E-state index in [0.717, 1.165) is 12.5 Å². The molecule has 3 unspecified atom stereocenters. The Kier molecular flexibility index (Phi) is 4.61. The minimum atomic E-state index is 0.427. The number of nitrogens with one attached hydrogen (secondary N) is 1. The van der Waals surface area contributed by atoms with Gasteiger partial charge in [0.05, 0.1) is 6.04 Å². The summed E-state index contributed by atoms with van der Waals surface area (Å²) in [7, 11) is 0. The zero-order valence-electron chi connectivity index (χ0n) is 12.8. The van der Waals surface area contributed by atoms with Gasteiger partial charge in [0.2, 0.25) is 0 Å². The molecule has 1 aliphatic carbocycles. The summed E-state index contributed by atoms with van der Waals surface area (Å²) in [6.07, 6.45) is 8.54. The van der Waals surface area contributed by atoms with Gasteiger partial charge in [-0.05, 0) is 37.1 Å². The van der Waals surface area contributed by atoms with Crippen molar-refractivity contribution in [3.8, 4) is 0 Å². The predicted octanol–water partition coefficient (Wildman–Crippen LogP) is 3.03. The Hall–Kier alpha value is -0.900.